The zero-order valence-corrected chi connectivity index (χ0v) is 32.5. The first kappa shape index (κ1) is 44.2. The normalized spacial score (nSPS) is 15.2. The van der Waals surface area contributed by atoms with Crippen molar-refractivity contribution in [3.8, 4) is 28.5 Å². The van der Waals surface area contributed by atoms with Gasteiger partial charge < -0.3 is 15.4 Å². The molecule has 1 unspecified atom stereocenters. The number of ether oxygens (including phenoxy) is 1. The first-order valence-electron chi connectivity index (χ1n) is 17.7. The van der Waals surface area contributed by atoms with Crippen LogP contribution in [0.2, 0.25) is 0 Å². The third-order valence-electron chi connectivity index (χ3n) is 8.42. The molecule has 2 aliphatic rings. The van der Waals surface area contributed by atoms with E-state index >= 15 is 0 Å². The minimum absolute atomic E-state index is 0. The standard InChI is InChI=1S/C21H26F4N2O.2C10H8N2.ClH.Ru/c1-2-3-4-5-12-28-21-19(24)17(22)16(18(23)20(21)25)15(13-8-6-10-26-13)14-9-7-11-27-14;2*1-3-7-11-9(5-1)10-6-2-4-8-12-10;;/h13H,2-12H2,1H3;2*1-8H;1H;/q-2;;;;+2. The van der Waals surface area contributed by atoms with Crippen molar-refractivity contribution in [1.29, 1.82) is 0 Å². The third kappa shape index (κ3) is 12.1. The number of rotatable bonds is 10. The van der Waals surface area contributed by atoms with Crippen molar-refractivity contribution in [2.75, 3.05) is 19.7 Å². The van der Waals surface area contributed by atoms with Gasteiger partial charge in [0, 0.05) is 24.8 Å². The average Bonchev–Trinajstić information content (AvgIpc) is 3.95. The van der Waals surface area contributed by atoms with Crippen LogP contribution in [-0.2, 0) is 19.5 Å². The second-order valence-electron chi connectivity index (χ2n) is 12.1. The molecule has 6 heterocycles. The smallest absolute Gasteiger partial charge is 0.688 e. The quantitative estimate of drug-likeness (QED) is 0.0604. The molecule has 1 aromatic carbocycles. The number of allylic oxidation sites excluding steroid dienone is 1. The Labute approximate surface area is 333 Å². The molecule has 4 aromatic heterocycles. The molecule has 0 amide bonds. The van der Waals surface area contributed by atoms with Crippen LogP contribution in [0.1, 0.15) is 63.9 Å². The molecular weight excluding hydrogens is 805 g/mol. The van der Waals surface area contributed by atoms with Crippen LogP contribution in [0.15, 0.2) is 103 Å². The Kier molecular flexibility index (Phi) is 19.2. The number of halogens is 5. The molecule has 286 valence electrons. The van der Waals surface area contributed by atoms with E-state index in [1.807, 2.05) is 79.7 Å². The molecule has 5 aromatic rings. The number of hydrogen-bond acceptors (Lipinski definition) is 5. The summed E-state index contributed by atoms with van der Waals surface area (Å²) in [6.45, 7) is 3.14. The predicted molar refractivity (Wildman–Crippen MR) is 204 cm³/mol. The largest absolute Gasteiger partial charge is 2.00 e. The van der Waals surface area contributed by atoms with E-state index in [1.165, 1.54) is 0 Å². The van der Waals surface area contributed by atoms with Crippen LogP contribution in [-0.4, -0.2) is 45.7 Å². The zero-order chi connectivity index (χ0) is 36.5. The van der Waals surface area contributed by atoms with E-state index in [4.69, 9.17) is 4.74 Å². The van der Waals surface area contributed by atoms with Gasteiger partial charge in [0.15, 0.2) is 17.4 Å². The van der Waals surface area contributed by atoms with Crippen LogP contribution in [0, 0.1) is 23.3 Å². The van der Waals surface area contributed by atoms with Crippen LogP contribution in [0.3, 0.4) is 0 Å². The van der Waals surface area contributed by atoms with Gasteiger partial charge in [-0.05, 0) is 55.0 Å². The van der Waals surface area contributed by atoms with Crippen LogP contribution < -0.4 is 4.74 Å². The van der Waals surface area contributed by atoms with Gasteiger partial charge in [-0.2, -0.15) is 14.5 Å². The number of benzene rings is 1. The SMILES string of the molecule is CCCCCCOc1c(F)c(F)c(C(=C2CCC[N-]2)C2CCC[N-]2)c(F)c1F.Cl.[Ru+2].c1ccc(-c2ccccn2)nc1.c1ccc(-c2ccccn2)nc1. The number of aromatic nitrogens is 4. The maximum Gasteiger partial charge on any atom is 2.00 e. The van der Waals surface area contributed by atoms with E-state index in [0.29, 0.717) is 38.0 Å². The maximum absolute atomic E-state index is 14.9. The van der Waals surface area contributed by atoms with Crippen molar-refractivity contribution in [2.24, 2.45) is 0 Å². The second kappa shape index (κ2) is 23.5. The van der Waals surface area contributed by atoms with Crippen LogP contribution in [0.25, 0.3) is 39.0 Å². The summed E-state index contributed by atoms with van der Waals surface area (Å²) in [7, 11) is 0. The molecule has 7 rings (SSSR count). The van der Waals surface area contributed by atoms with Crippen LogP contribution in [0.4, 0.5) is 17.6 Å². The maximum atomic E-state index is 14.9. The van der Waals surface area contributed by atoms with Gasteiger partial charge >= 0.3 is 19.5 Å². The number of pyridine rings is 4. The Morgan fingerprint density at radius 3 is 1.54 bits per heavy atom. The molecule has 13 heteroatoms. The van der Waals surface area contributed by atoms with E-state index in [0.717, 1.165) is 54.9 Å². The van der Waals surface area contributed by atoms with Crippen molar-refractivity contribution < 1.29 is 41.8 Å². The number of nitrogens with zero attached hydrogens (tertiary/aromatic N) is 6. The fraction of sp³-hybridized carbons (Fsp3) is 0.317. The monoisotopic (exact) mass is 848 g/mol. The molecule has 2 fully saturated rings. The Balaban J connectivity index is 0.000000248. The number of hydrogen-bond donors (Lipinski definition) is 0. The summed E-state index contributed by atoms with van der Waals surface area (Å²) in [5, 5.41) is 8.68. The van der Waals surface area contributed by atoms with Crippen molar-refractivity contribution in [3.63, 3.8) is 0 Å². The summed E-state index contributed by atoms with van der Waals surface area (Å²) in [5.41, 5.74) is 3.68. The molecule has 0 spiro atoms. The molecule has 54 heavy (non-hydrogen) atoms. The minimum atomic E-state index is -1.49. The van der Waals surface area contributed by atoms with Crippen LogP contribution in [0.5, 0.6) is 5.75 Å². The van der Waals surface area contributed by atoms with E-state index in [9.17, 15) is 17.6 Å². The average molecular weight is 848 g/mol. The summed E-state index contributed by atoms with van der Waals surface area (Å²) < 4.78 is 64.1. The minimum Gasteiger partial charge on any atom is -0.688 e. The summed E-state index contributed by atoms with van der Waals surface area (Å²) >= 11 is 0. The van der Waals surface area contributed by atoms with E-state index in [1.54, 1.807) is 24.8 Å². The summed E-state index contributed by atoms with van der Waals surface area (Å²) in [6, 6.07) is 22.7. The van der Waals surface area contributed by atoms with Gasteiger partial charge in [0.05, 0.1) is 34.9 Å². The zero-order valence-electron chi connectivity index (χ0n) is 30.0. The summed E-state index contributed by atoms with van der Waals surface area (Å²) in [5.74, 6) is -6.80. The first-order chi connectivity index (χ1) is 25.5. The van der Waals surface area contributed by atoms with Crippen molar-refractivity contribution in [3.05, 3.63) is 143 Å². The van der Waals surface area contributed by atoms with Gasteiger partial charge in [-0.3, -0.25) is 19.9 Å². The Morgan fingerprint density at radius 2 is 1.17 bits per heavy atom. The van der Waals surface area contributed by atoms with Gasteiger partial charge in [0.2, 0.25) is 11.6 Å². The van der Waals surface area contributed by atoms with Crippen molar-refractivity contribution in [2.45, 2.75) is 64.3 Å². The van der Waals surface area contributed by atoms with Gasteiger partial charge in [-0.1, -0.05) is 81.7 Å². The fourth-order valence-corrected chi connectivity index (χ4v) is 5.86. The summed E-state index contributed by atoms with van der Waals surface area (Å²) in [4.78, 5) is 16.7. The molecule has 2 aliphatic heterocycles. The predicted octanol–water partition coefficient (Wildman–Crippen LogP) is 11.3. The Hall–Kier alpha value is -4.25. The van der Waals surface area contributed by atoms with E-state index < -0.39 is 40.6 Å². The van der Waals surface area contributed by atoms with Crippen molar-refractivity contribution in [1.82, 2.24) is 19.9 Å². The molecule has 0 saturated carbocycles. The molecule has 0 bridgehead atoms. The topological polar surface area (TPSA) is 89.0 Å². The molecule has 1 atom stereocenters. The second-order valence-corrected chi connectivity index (χ2v) is 12.1. The van der Waals surface area contributed by atoms with Crippen molar-refractivity contribution >= 4 is 18.0 Å². The Morgan fingerprint density at radius 1 is 0.667 bits per heavy atom. The molecular formula is C41H43ClF4N6ORu. The van der Waals surface area contributed by atoms with Gasteiger partial charge in [0.25, 0.3) is 0 Å². The fourth-order valence-electron chi connectivity index (χ4n) is 5.86. The van der Waals surface area contributed by atoms with Gasteiger partial charge in [-0.15, -0.1) is 31.5 Å². The van der Waals surface area contributed by atoms with Gasteiger partial charge in [0.1, 0.15) is 0 Å². The van der Waals surface area contributed by atoms with E-state index in [2.05, 4.69) is 30.6 Å². The van der Waals surface area contributed by atoms with E-state index in [-0.39, 0.29) is 44.1 Å². The molecule has 0 aliphatic carbocycles. The first-order valence-corrected chi connectivity index (χ1v) is 17.7. The molecule has 7 nitrogen and oxygen atoms in total. The molecule has 2 saturated heterocycles. The Bertz CT molecular complexity index is 1670. The summed E-state index contributed by atoms with van der Waals surface area (Å²) in [6.07, 6.45) is 13.0. The van der Waals surface area contributed by atoms with Crippen LogP contribution >= 0.6 is 12.4 Å². The molecule has 0 radical (unpaired) electrons. The third-order valence-corrected chi connectivity index (χ3v) is 8.42. The number of unbranched alkanes of at least 4 members (excludes halogenated alkanes) is 3. The molecule has 0 N–H and O–H groups in total. The van der Waals surface area contributed by atoms with Gasteiger partial charge in [-0.25, -0.2) is 8.78 Å².